The van der Waals surface area contributed by atoms with Crippen molar-refractivity contribution in [3.63, 3.8) is 0 Å². The minimum atomic E-state index is -3.90. The summed E-state index contributed by atoms with van der Waals surface area (Å²) in [7, 11) is -3.90. The molecule has 0 unspecified atom stereocenters. The van der Waals surface area contributed by atoms with Gasteiger partial charge < -0.3 is 10.1 Å². The van der Waals surface area contributed by atoms with Gasteiger partial charge in [0.25, 0.3) is 5.91 Å². The van der Waals surface area contributed by atoms with Gasteiger partial charge in [-0.25, -0.2) is 17.8 Å². The topological polar surface area (TPSA) is 128 Å². The van der Waals surface area contributed by atoms with Crippen LogP contribution in [0.25, 0.3) is 5.69 Å². The van der Waals surface area contributed by atoms with Gasteiger partial charge in [0.1, 0.15) is 11.2 Å². The lowest BCUT2D eigenvalue weighted by molar-refractivity contribution is 0.102. The Morgan fingerprint density at radius 1 is 1.23 bits per heavy atom. The first kappa shape index (κ1) is 21.4. The fourth-order valence-electron chi connectivity index (χ4n) is 3.12. The number of tetrazole rings is 1. The van der Waals surface area contributed by atoms with Crippen LogP contribution < -0.4 is 10.0 Å². The van der Waals surface area contributed by atoms with E-state index in [0.29, 0.717) is 12.3 Å². The summed E-state index contributed by atoms with van der Waals surface area (Å²) in [5.41, 5.74) is 1.41. The number of aromatic nitrogens is 4. The first-order valence-corrected chi connectivity index (χ1v) is 11.3. The fraction of sp³-hybridized carbons (Fsp3) is 0.263. The second-order valence-electron chi connectivity index (χ2n) is 6.89. The number of benzene rings is 2. The van der Waals surface area contributed by atoms with Crippen molar-refractivity contribution in [2.45, 2.75) is 23.8 Å². The van der Waals surface area contributed by atoms with Gasteiger partial charge in [-0.2, -0.15) is 0 Å². The number of nitrogens with one attached hydrogen (secondary N) is 2. The molecule has 162 valence electrons. The standard InChI is InChI=1S/C19H19ClN6O4S/c20-17-8-3-13(10-18(17)31(28,29)22-11-16-2-1-9-30-16)19(27)23-14-4-6-15(7-5-14)26-12-21-24-25-26/h3-8,10,12,16,22H,1-2,9,11H2,(H,23,27)/t16-/m1/s1. The predicted octanol–water partition coefficient (Wildman–Crippen LogP) is 2.03. The van der Waals surface area contributed by atoms with Crippen LogP contribution in [0.15, 0.2) is 53.7 Å². The summed E-state index contributed by atoms with van der Waals surface area (Å²) >= 11 is 6.11. The second-order valence-corrected chi connectivity index (χ2v) is 9.03. The highest BCUT2D eigenvalue weighted by Gasteiger charge is 2.23. The van der Waals surface area contributed by atoms with Gasteiger partial charge in [0, 0.05) is 24.4 Å². The SMILES string of the molecule is O=C(Nc1ccc(-n2cnnn2)cc1)c1ccc(Cl)c(S(=O)(=O)NC[C@H]2CCCO2)c1. The summed E-state index contributed by atoms with van der Waals surface area (Å²) in [5.74, 6) is -0.470. The van der Waals surface area contributed by atoms with Crippen LogP contribution in [0.1, 0.15) is 23.2 Å². The van der Waals surface area contributed by atoms with Crippen molar-refractivity contribution in [1.82, 2.24) is 24.9 Å². The molecule has 12 heteroatoms. The Balaban J connectivity index is 1.47. The van der Waals surface area contributed by atoms with E-state index in [1.807, 2.05) is 0 Å². The molecule has 0 radical (unpaired) electrons. The van der Waals surface area contributed by atoms with Gasteiger partial charge in [-0.3, -0.25) is 4.79 Å². The largest absolute Gasteiger partial charge is 0.377 e. The van der Waals surface area contributed by atoms with Crippen molar-refractivity contribution < 1.29 is 17.9 Å². The Hall–Kier alpha value is -2.86. The van der Waals surface area contributed by atoms with Crippen LogP contribution in [0, 0.1) is 0 Å². The van der Waals surface area contributed by atoms with Crippen molar-refractivity contribution in [3.05, 3.63) is 59.4 Å². The molecule has 31 heavy (non-hydrogen) atoms. The smallest absolute Gasteiger partial charge is 0.255 e. The lowest BCUT2D eigenvalue weighted by Crippen LogP contribution is -2.32. The Kier molecular flexibility index (Phi) is 6.28. The highest BCUT2D eigenvalue weighted by molar-refractivity contribution is 7.89. The summed E-state index contributed by atoms with van der Waals surface area (Å²) in [4.78, 5) is 12.5. The molecule has 0 bridgehead atoms. The third-order valence-electron chi connectivity index (χ3n) is 4.75. The average molecular weight is 463 g/mol. The maximum Gasteiger partial charge on any atom is 0.255 e. The minimum absolute atomic E-state index is 0.0298. The number of sulfonamides is 1. The zero-order valence-corrected chi connectivity index (χ0v) is 17.8. The summed E-state index contributed by atoms with van der Waals surface area (Å²) < 4.78 is 34.8. The quantitative estimate of drug-likeness (QED) is 0.549. The van der Waals surface area contributed by atoms with Crippen LogP contribution in [-0.4, -0.2) is 53.8 Å². The zero-order chi connectivity index (χ0) is 21.8. The predicted molar refractivity (Wildman–Crippen MR) is 113 cm³/mol. The molecule has 2 N–H and O–H groups in total. The summed E-state index contributed by atoms with van der Waals surface area (Å²) in [5, 5.41) is 13.7. The van der Waals surface area contributed by atoms with Gasteiger partial charge in [-0.15, -0.1) is 5.10 Å². The molecule has 2 heterocycles. The maximum atomic E-state index is 12.7. The Morgan fingerprint density at radius 3 is 2.71 bits per heavy atom. The summed E-state index contributed by atoms with van der Waals surface area (Å²) in [6.45, 7) is 0.780. The molecule has 2 aromatic carbocycles. The maximum absolute atomic E-state index is 12.7. The summed E-state index contributed by atoms with van der Waals surface area (Å²) in [6, 6.07) is 10.9. The van der Waals surface area contributed by atoms with E-state index in [9.17, 15) is 13.2 Å². The molecule has 1 amide bonds. The van der Waals surface area contributed by atoms with Crippen LogP contribution in [-0.2, 0) is 14.8 Å². The number of rotatable bonds is 7. The molecule has 3 aromatic rings. The van der Waals surface area contributed by atoms with Gasteiger partial charge in [-0.05, 0) is 65.7 Å². The second kappa shape index (κ2) is 9.10. The highest BCUT2D eigenvalue weighted by atomic mass is 35.5. The molecule has 1 aliphatic rings. The number of carbonyl (C=O) groups is 1. The third kappa shape index (κ3) is 5.07. The fourth-order valence-corrected chi connectivity index (χ4v) is 4.71. The molecular formula is C19H19ClN6O4S. The third-order valence-corrected chi connectivity index (χ3v) is 6.65. The number of hydrogen-bond acceptors (Lipinski definition) is 7. The number of anilines is 1. The Morgan fingerprint density at radius 2 is 2.03 bits per heavy atom. The highest BCUT2D eigenvalue weighted by Crippen LogP contribution is 2.24. The van der Waals surface area contributed by atoms with Crippen LogP contribution in [0.3, 0.4) is 0 Å². The van der Waals surface area contributed by atoms with Crippen molar-refractivity contribution in [1.29, 1.82) is 0 Å². The minimum Gasteiger partial charge on any atom is -0.377 e. The number of ether oxygens (including phenoxy) is 1. The molecule has 4 rings (SSSR count). The van der Waals surface area contributed by atoms with E-state index < -0.39 is 15.9 Å². The monoisotopic (exact) mass is 462 g/mol. The van der Waals surface area contributed by atoms with Gasteiger partial charge in [0.15, 0.2) is 0 Å². The zero-order valence-electron chi connectivity index (χ0n) is 16.2. The van der Waals surface area contributed by atoms with Crippen molar-refractivity contribution in [2.24, 2.45) is 0 Å². The van der Waals surface area contributed by atoms with Gasteiger partial charge in [0.05, 0.1) is 16.8 Å². The molecule has 1 saturated heterocycles. The molecule has 0 aliphatic carbocycles. The van der Waals surface area contributed by atoms with Gasteiger partial charge in [0.2, 0.25) is 10.0 Å². The molecule has 10 nitrogen and oxygen atoms in total. The first-order chi connectivity index (χ1) is 14.9. The number of amides is 1. The molecule has 1 fully saturated rings. The lowest BCUT2D eigenvalue weighted by Gasteiger charge is -2.13. The lowest BCUT2D eigenvalue weighted by atomic mass is 10.2. The Bertz CT molecular complexity index is 1160. The normalized spacial score (nSPS) is 16.4. The molecular weight excluding hydrogens is 444 g/mol. The van der Waals surface area contributed by atoms with Gasteiger partial charge in [-0.1, -0.05) is 11.6 Å². The van der Waals surface area contributed by atoms with Gasteiger partial charge >= 0.3 is 0 Å². The van der Waals surface area contributed by atoms with Crippen LogP contribution in [0.5, 0.6) is 0 Å². The molecule has 1 aliphatic heterocycles. The summed E-state index contributed by atoms with van der Waals surface area (Å²) in [6.07, 6.45) is 3.00. The molecule has 1 aromatic heterocycles. The van der Waals surface area contributed by atoms with Crippen LogP contribution in [0.2, 0.25) is 5.02 Å². The van der Waals surface area contributed by atoms with E-state index in [0.717, 1.165) is 18.5 Å². The molecule has 0 spiro atoms. The van der Waals surface area contributed by atoms with Crippen LogP contribution in [0.4, 0.5) is 5.69 Å². The average Bonchev–Trinajstić information content (AvgIpc) is 3.47. The van der Waals surface area contributed by atoms with Crippen molar-refractivity contribution >= 4 is 33.2 Å². The van der Waals surface area contributed by atoms with Crippen molar-refractivity contribution in [3.8, 4) is 5.69 Å². The number of hydrogen-bond donors (Lipinski definition) is 2. The van der Waals surface area contributed by atoms with E-state index >= 15 is 0 Å². The van der Waals surface area contributed by atoms with E-state index in [4.69, 9.17) is 16.3 Å². The Labute approximate surface area is 183 Å². The van der Waals surface area contributed by atoms with E-state index in [1.54, 1.807) is 24.3 Å². The molecule has 0 saturated carbocycles. The number of nitrogens with zero attached hydrogens (tertiary/aromatic N) is 4. The van der Waals surface area contributed by atoms with E-state index in [1.165, 1.54) is 29.2 Å². The first-order valence-electron chi connectivity index (χ1n) is 9.48. The number of carbonyl (C=O) groups excluding carboxylic acids is 1. The van der Waals surface area contributed by atoms with E-state index in [-0.39, 0.29) is 28.1 Å². The van der Waals surface area contributed by atoms with Crippen LogP contribution >= 0.6 is 11.6 Å². The number of halogens is 1. The van der Waals surface area contributed by atoms with Crippen molar-refractivity contribution in [2.75, 3.05) is 18.5 Å². The van der Waals surface area contributed by atoms with E-state index in [2.05, 4.69) is 25.6 Å². The molecule has 1 atom stereocenters.